The molecule has 134 valence electrons. The molecule has 6 nitrogen and oxygen atoms in total. The fraction of sp³-hybridized carbons (Fsp3) is 0.111. The molecule has 8 heteroatoms. The summed E-state index contributed by atoms with van der Waals surface area (Å²) in [6.07, 6.45) is 1.49. The molecule has 2 rings (SSSR count). The van der Waals surface area contributed by atoms with Crippen LogP contribution in [0.5, 0.6) is 23.0 Å². The molecule has 0 radical (unpaired) electrons. The van der Waals surface area contributed by atoms with E-state index < -0.39 is 0 Å². The lowest BCUT2D eigenvalue weighted by atomic mass is 10.1. The van der Waals surface area contributed by atoms with Crippen molar-refractivity contribution in [1.29, 1.82) is 5.26 Å². The summed E-state index contributed by atoms with van der Waals surface area (Å²) < 4.78 is 0.440. The summed E-state index contributed by atoms with van der Waals surface area (Å²) in [5.74, 6) is -0.568. The van der Waals surface area contributed by atoms with Gasteiger partial charge in [-0.2, -0.15) is 5.26 Å². The predicted molar refractivity (Wildman–Crippen MR) is 110 cm³/mol. The van der Waals surface area contributed by atoms with Gasteiger partial charge in [0.2, 0.25) is 0 Å². The Morgan fingerprint density at radius 3 is 2.31 bits per heavy atom. The number of aromatic hydroxyl groups is 4. The first kappa shape index (κ1) is 19.8. The minimum absolute atomic E-state index is 0.0297. The Morgan fingerprint density at radius 2 is 1.77 bits per heavy atom. The first-order valence-corrected chi connectivity index (χ1v) is 8.84. The monoisotopic (exact) mass is 482 g/mol. The molecule has 0 atom stereocenters. The lowest BCUT2D eigenvalue weighted by Gasteiger charge is -2.10. The van der Waals surface area contributed by atoms with Gasteiger partial charge in [0.1, 0.15) is 22.6 Å². The third-order valence-corrected chi connectivity index (χ3v) is 4.79. The van der Waals surface area contributed by atoms with Gasteiger partial charge >= 0.3 is 0 Å². The maximum Gasteiger partial charge on any atom is 0.171 e. The maximum absolute atomic E-state index is 9.74. The number of thiocarbonyl (C=S) groups is 1. The summed E-state index contributed by atoms with van der Waals surface area (Å²) in [6.45, 7) is 1.80. The van der Waals surface area contributed by atoms with E-state index in [0.29, 0.717) is 20.3 Å². The molecule has 0 saturated carbocycles. The van der Waals surface area contributed by atoms with Gasteiger partial charge in [-0.3, -0.25) is 0 Å². The van der Waals surface area contributed by atoms with Crippen LogP contribution in [0.3, 0.4) is 0 Å². The predicted octanol–water partition coefficient (Wildman–Crippen LogP) is 3.45. The minimum atomic E-state index is -0.287. The van der Waals surface area contributed by atoms with E-state index in [-0.39, 0.29) is 40.1 Å². The zero-order chi connectivity index (χ0) is 19.4. The molecule has 2 aromatic rings. The summed E-state index contributed by atoms with van der Waals surface area (Å²) in [6, 6.07) is 7.92. The SMILES string of the molecule is Cc1c(O)cc(CNC(=S)/C(C#N)=C/c2cc(O)c(O)c(I)c2)cc1O. The molecule has 0 amide bonds. The Hall–Kier alpha value is -2.51. The van der Waals surface area contributed by atoms with Gasteiger partial charge in [0.25, 0.3) is 0 Å². The van der Waals surface area contributed by atoms with Gasteiger partial charge < -0.3 is 25.7 Å². The molecule has 0 bridgehead atoms. The molecule has 0 aliphatic heterocycles. The molecule has 5 N–H and O–H groups in total. The number of benzene rings is 2. The molecule has 0 heterocycles. The normalized spacial score (nSPS) is 11.0. The van der Waals surface area contributed by atoms with Crippen LogP contribution >= 0.6 is 34.8 Å². The van der Waals surface area contributed by atoms with Gasteiger partial charge in [0, 0.05) is 12.1 Å². The second-order valence-electron chi connectivity index (χ2n) is 5.48. The van der Waals surface area contributed by atoms with Crippen LogP contribution in [0.4, 0.5) is 0 Å². The summed E-state index contributed by atoms with van der Waals surface area (Å²) in [5, 5.41) is 51.0. The highest BCUT2D eigenvalue weighted by molar-refractivity contribution is 14.1. The fourth-order valence-electron chi connectivity index (χ4n) is 2.12. The van der Waals surface area contributed by atoms with E-state index in [4.69, 9.17) is 12.2 Å². The third kappa shape index (κ3) is 4.56. The van der Waals surface area contributed by atoms with E-state index in [1.165, 1.54) is 24.3 Å². The summed E-state index contributed by atoms with van der Waals surface area (Å²) in [7, 11) is 0. The highest BCUT2D eigenvalue weighted by atomic mass is 127. The summed E-state index contributed by atoms with van der Waals surface area (Å²) in [4.78, 5) is 0.176. The van der Waals surface area contributed by atoms with Crippen LogP contribution in [0.2, 0.25) is 0 Å². The van der Waals surface area contributed by atoms with E-state index in [9.17, 15) is 25.7 Å². The van der Waals surface area contributed by atoms with Crippen LogP contribution in [0.1, 0.15) is 16.7 Å². The molecule has 0 spiro atoms. The highest BCUT2D eigenvalue weighted by Crippen LogP contribution is 2.32. The van der Waals surface area contributed by atoms with Crippen molar-refractivity contribution in [3.8, 4) is 29.1 Å². The van der Waals surface area contributed by atoms with Crippen LogP contribution in [0.25, 0.3) is 6.08 Å². The lowest BCUT2D eigenvalue weighted by Crippen LogP contribution is -2.22. The molecule has 0 aliphatic rings. The van der Waals surface area contributed by atoms with Crippen molar-refractivity contribution >= 4 is 45.9 Å². The second kappa shape index (κ2) is 8.25. The number of phenols is 4. The number of phenolic OH excluding ortho intramolecular Hbond substituents is 4. The molecule has 0 fully saturated rings. The van der Waals surface area contributed by atoms with Crippen molar-refractivity contribution < 1.29 is 20.4 Å². The van der Waals surface area contributed by atoms with E-state index in [2.05, 4.69) is 5.32 Å². The molecular weight excluding hydrogens is 467 g/mol. The number of nitrogens with zero attached hydrogens (tertiary/aromatic N) is 1. The number of hydrogen-bond acceptors (Lipinski definition) is 6. The van der Waals surface area contributed by atoms with Crippen LogP contribution in [0.15, 0.2) is 29.8 Å². The van der Waals surface area contributed by atoms with Gasteiger partial charge in [-0.05, 0) is 71.0 Å². The van der Waals surface area contributed by atoms with Crippen molar-refractivity contribution in [2.45, 2.75) is 13.5 Å². The average molecular weight is 482 g/mol. The number of hydrogen-bond donors (Lipinski definition) is 5. The fourth-order valence-corrected chi connectivity index (χ4v) is 2.94. The van der Waals surface area contributed by atoms with E-state index >= 15 is 0 Å². The Bertz CT molecular complexity index is 905. The molecule has 0 aliphatic carbocycles. The number of nitrogens with one attached hydrogen (secondary N) is 1. The highest BCUT2D eigenvalue weighted by Gasteiger charge is 2.10. The summed E-state index contributed by atoms with van der Waals surface area (Å²) >= 11 is 7.08. The number of halogens is 1. The molecule has 2 aromatic carbocycles. The standard InChI is InChI=1S/C18H15IN2O4S/c1-9-14(22)5-11(6-15(9)23)8-21-18(26)12(7-20)2-10-3-13(19)17(25)16(24)4-10/h2-6,22-25H,8H2,1H3,(H,21,26)/b12-2+. The van der Waals surface area contributed by atoms with Gasteiger partial charge in [-0.15, -0.1) is 0 Å². The average Bonchev–Trinajstić information content (AvgIpc) is 2.59. The van der Waals surface area contributed by atoms with Crippen LogP contribution in [-0.4, -0.2) is 25.4 Å². The topological polar surface area (TPSA) is 117 Å². The summed E-state index contributed by atoms with van der Waals surface area (Å²) in [5.41, 5.74) is 1.66. The Kier molecular flexibility index (Phi) is 6.28. The number of rotatable bonds is 4. The Morgan fingerprint density at radius 1 is 1.15 bits per heavy atom. The van der Waals surface area contributed by atoms with Gasteiger partial charge in [0.15, 0.2) is 11.5 Å². The molecule has 26 heavy (non-hydrogen) atoms. The molecule has 0 aromatic heterocycles. The second-order valence-corrected chi connectivity index (χ2v) is 7.05. The van der Waals surface area contributed by atoms with Crippen molar-refractivity contribution in [3.05, 3.63) is 50.1 Å². The molecular formula is C18H15IN2O4S. The van der Waals surface area contributed by atoms with Crippen LogP contribution in [0, 0.1) is 21.8 Å². The minimum Gasteiger partial charge on any atom is -0.508 e. The van der Waals surface area contributed by atoms with Crippen LogP contribution in [-0.2, 0) is 6.54 Å². The molecule has 0 unspecified atom stereocenters. The van der Waals surface area contributed by atoms with Gasteiger partial charge in [-0.25, -0.2) is 0 Å². The zero-order valence-electron chi connectivity index (χ0n) is 13.6. The maximum atomic E-state index is 9.74. The first-order chi connectivity index (χ1) is 12.2. The largest absolute Gasteiger partial charge is 0.508 e. The van der Waals surface area contributed by atoms with E-state index in [0.717, 1.165) is 0 Å². The Balaban J connectivity index is 2.18. The van der Waals surface area contributed by atoms with Crippen molar-refractivity contribution in [2.24, 2.45) is 0 Å². The van der Waals surface area contributed by atoms with Crippen molar-refractivity contribution in [2.75, 3.05) is 0 Å². The number of nitriles is 1. The zero-order valence-corrected chi connectivity index (χ0v) is 16.6. The Labute approximate surface area is 169 Å². The smallest absolute Gasteiger partial charge is 0.171 e. The van der Waals surface area contributed by atoms with Crippen LogP contribution < -0.4 is 5.32 Å². The molecule has 0 saturated heterocycles. The van der Waals surface area contributed by atoms with E-state index in [1.807, 2.05) is 28.7 Å². The first-order valence-electron chi connectivity index (χ1n) is 7.35. The van der Waals surface area contributed by atoms with Crippen molar-refractivity contribution in [3.63, 3.8) is 0 Å². The quantitative estimate of drug-likeness (QED) is 0.149. The van der Waals surface area contributed by atoms with Crippen molar-refractivity contribution in [1.82, 2.24) is 5.32 Å². The lowest BCUT2D eigenvalue weighted by molar-refractivity contribution is 0.401. The van der Waals surface area contributed by atoms with Gasteiger partial charge in [0.05, 0.1) is 9.14 Å². The van der Waals surface area contributed by atoms with Gasteiger partial charge in [-0.1, -0.05) is 12.2 Å². The van der Waals surface area contributed by atoms with E-state index in [1.54, 1.807) is 13.0 Å². The third-order valence-electron chi connectivity index (χ3n) is 3.61.